The van der Waals surface area contributed by atoms with Gasteiger partial charge in [-0.25, -0.2) is 4.79 Å². The molecule has 3 rings (SSSR count). The second kappa shape index (κ2) is 11.2. The fourth-order valence-electron chi connectivity index (χ4n) is 3.04. The molecule has 0 fully saturated rings. The summed E-state index contributed by atoms with van der Waals surface area (Å²) in [6.07, 6.45) is 0. The highest BCUT2D eigenvalue weighted by Crippen LogP contribution is 2.33. The lowest BCUT2D eigenvalue weighted by Crippen LogP contribution is -2.17. The molecule has 0 radical (unpaired) electrons. The van der Waals surface area contributed by atoms with Crippen LogP contribution in [0.1, 0.15) is 43.9 Å². The van der Waals surface area contributed by atoms with Crippen molar-refractivity contribution in [3.8, 4) is 5.75 Å². The summed E-state index contributed by atoms with van der Waals surface area (Å²) in [5.74, 6) is -0.307. The lowest BCUT2D eigenvalue weighted by atomic mass is 10.1. The van der Waals surface area contributed by atoms with Gasteiger partial charge in [0.1, 0.15) is 17.4 Å². The number of carbonyl (C=O) groups is 3. The molecule has 0 aliphatic rings. The van der Waals surface area contributed by atoms with Crippen molar-refractivity contribution in [2.75, 3.05) is 17.7 Å². The third-order valence-electron chi connectivity index (χ3n) is 4.81. The summed E-state index contributed by atoms with van der Waals surface area (Å²) in [5, 5.41) is 11.7. The standard InChI is InChI=1S/C22H25N5O5S2/c1-5-31-21(30)17-13(3)18(19(23)29)34-20(17)24-16(28)11-33-22-26-25-15(27(22)4)10-32-14-9-7-6-8-12(14)2/h6-9H,5,10-11H2,1-4H3,(H2,23,29)(H,24,28). The highest BCUT2D eigenvalue weighted by molar-refractivity contribution is 7.99. The van der Waals surface area contributed by atoms with Crippen molar-refractivity contribution in [3.05, 3.63) is 51.7 Å². The number of esters is 1. The number of anilines is 1. The molecule has 2 aromatic heterocycles. The SMILES string of the molecule is CCOC(=O)c1c(NC(=O)CSc2nnc(COc3ccccc3C)n2C)sc(C(N)=O)c1C. The number of hydrogen-bond acceptors (Lipinski definition) is 9. The molecule has 10 nitrogen and oxygen atoms in total. The van der Waals surface area contributed by atoms with Gasteiger partial charge in [-0.05, 0) is 38.0 Å². The molecule has 180 valence electrons. The van der Waals surface area contributed by atoms with Gasteiger partial charge in [0.15, 0.2) is 11.0 Å². The number of thioether (sulfide) groups is 1. The molecule has 0 unspecified atom stereocenters. The largest absolute Gasteiger partial charge is 0.485 e. The number of primary amides is 1. The second-order valence-corrected chi connectivity index (χ2v) is 9.16. The lowest BCUT2D eigenvalue weighted by Gasteiger charge is -2.09. The number of benzene rings is 1. The van der Waals surface area contributed by atoms with E-state index in [0.29, 0.717) is 16.5 Å². The molecule has 1 aromatic carbocycles. The van der Waals surface area contributed by atoms with Crippen LogP contribution < -0.4 is 15.8 Å². The van der Waals surface area contributed by atoms with E-state index in [4.69, 9.17) is 15.2 Å². The zero-order valence-electron chi connectivity index (χ0n) is 19.2. The fourth-order valence-corrected chi connectivity index (χ4v) is 4.83. The number of nitrogens with zero attached hydrogens (tertiary/aromatic N) is 3. The van der Waals surface area contributed by atoms with Gasteiger partial charge in [0.05, 0.1) is 22.8 Å². The third-order valence-corrected chi connectivity index (χ3v) is 7.05. The van der Waals surface area contributed by atoms with Gasteiger partial charge in [-0.15, -0.1) is 21.5 Å². The van der Waals surface area contributed by atoms with Crippen LogP contribution in [0, 0.1) is 13.8 Å². The summed E-state index contributed by atoms with van der Waals surface area (Å²) in [5.41, 5.74) is 6.93. The maximum absolute atomic E-state index is 12.6. The number of carbonyl (C=O) groups excluding carboxylic acids is 3. The number of amides is 2. The summed E-state index contributed by atoms with van der Waals surface area (Å²) in [7, 11) is 1.79. The van der Waals surface area contributed by atoms with E-state index in [9.17, 15) is 14.4 Å². The summed E-state index contributed by atoms with van der Waals surface area (Å²) in [6, 6.07) is 7.67. The first-order valence-corrected chi connectivity index (χ1v) is 12.1. The van der Waals surface area contributed by atoms with E-state index >= 15 is 0 Å². The highest BCUT2D eigenvalue weighted by Gasteiger charge is 2.26. The van der Waals surface area contributed by atoms with Crippen LogP contribution in [-0.4, -0.2) is 44.9 Å². The van der Waals surface area contributed by atoms with E-state index in [-0.39, 0.29) is 40.3 Å². The highest BCUT2D eigenvalue weighted by atomic mass is 32.2. The van der Waals surface area contributed by atoms with Crippen molar-refractivity contribution >= 4 is 45.9 Å². The average Bonchev–Trinajstić information content (AvgIpc) is 3.31. The predicted octanol–water partition coefficient (Wildman–Crippen LogP) is 3.08. The number of para-hydroxylation sites is 1. The zero-order valence-corrected chi connectivity index (χ0v) is 20.8. The minimum Gasteiger partial charge on any atom is -0.485 e. The summed E-state index contributed by atoms with van der Waals surface area (Å²) >= 11 is 2.13. The van der Waals surface area contributed by atoms with Crippen LogP contribution in [0.5, 0.6) is 5.75 Å². The quantitative estimate of drug-likeness (QED) is 0.318. The molecular formula is C22H25N5O5S2. The number of ether oxygens (including phenoxy) is 2. The van der Waals surface area contributed by atoms with Gasteiger partial charge < -0.3 is 25.1 Å². The van der Waals surface area contributed by atoms with Gasteiger partial charge in [0, 0.05) is 7.05 Å². The number of nitrogens with two attached hydrogens (primary N) is 1. The normalized spacial score (nSPS) is 10.7. The van der Waals surface area contributed by atoms with E-state index in [0.717, 1.165) is 22.6 Å². The average molecular weight is 504 g/mol. The zero-order chi connectivity index (χ0) is 24.8. The first-order valence-electron chi connectivity index (χ1n) is 10.3. The first kappa shape index (κ1) is 25.2. The van der Waals surface area contributed by atoms with Crippen molar-refractivity contribution in [3.63, 3.8) is 0 Å². The van der Waals surface area contributed by atoms with E-state index in [1.54, 1.807) is 25.5 Å². The number of aryl methyl sites for hydroxylation is 1. The van der Waals surface area contributed by atoms with Crippen molar-refractivity contribution in [1.29, 1.82) is 0 Å². The molecule has 0 aliphatic carbocycles. The van der Waals surface area contributed by atoms with Gasteiger partial charge in [-0.3, -0.25) is 9.59 Å². The van der Waals surface area contributed by atoms with Gasteiger partial charge in [-0.1, -0.05) is 30.0 Å². The van der Waals surface area contributed by atoms with Crippen molar-refractivity contribution in [2.45, 2.75) is 32.5 Å². The first-order chi connectivity index (χ1) is 16.2. The van der Waals surface area contributed by atoms with Crippen LogP contribution in [-0.2, 0) is 23.2 Å². The molecule has 34 heavy (non-hydrogen) atoms. The molecule has 12 heteroatoms. The minimum absolute atomic E-state index is 0.00966. The Balaban J connectivity index is 1.64. The van der Waals surface area contributed by atoms with Crippen LogP contribution in [0.3, 0.4) is 0 Å². The lowest BCUT2D eigenvalue weighted by molar-refractivity contribution is -0.113. The molecule has 0 atom stereocenters. The summed E-state index contributed by atoms with van der Waals surface area (Å²) in [6.45, 7) is 5.61. The van der Waals surface area contributed by atoms with Crippen LogP contribution in [0.25, 0.3) is 0 Å². The Morgan fingerprint density at radius 2 is 1.94 bits per heavy atom. The van der Waals surface area contributed by atoms with E-state index < -0.39 is 11.9 Å². The van der Waals surface area contributed by atoms with E-state index in [1.165, 1.54) is 11.8 Å². The summed E-state index contributed by atoms with van der Waals surface area (Å²) < 4.78 is 12.6. The molecule has 3 N–H and O–H groups in total. The Labute approximate surface area is 204 Å². The van der Waals surface area contributed by atoms with Crippen LogP contribution in [0.2, 0.25) is 0 Å². The Morgan fingerprint density at radius 3 is 2.62 bits per heavy atom. The molecule has 0 aliphatic heterocycles. The van der Waals surface area contributed by atoms with Crippen molar-refractivity contribution in [1.82, 2.24) is 14.8 Å². The van der Waals surface area contributed by atoms with Gasteiger partial charge in [-0.2, -0.15) is 0 Å². The molecule has 0 spiro atoms. The predicted molar refractivity (Wildman–Crippen MR) is 129 cm³/mol. The minimum atomic E-state index is -0.678. The molecule has 2 amide bonds. The Hall–Kier alpha value is -3.38. The smallest absolute Gasteiger partial charge is 0.341 e. The van der Waals surface area contributed by atoms with Gasteiger partial charge in [0.25, 0.3) is 5.91 Å². The van der Waals surface area contributed by atoms with Gasteiger partial charge in [0.2, 0.25) is 5.91 Å². The number of nitrogens with one attached hydrogen (secondary N) is 1. The molecule has 0 saturated carbocycles. The second-order valence-electron chi connectivity index (χ2n) is 7.19. The molecular weight excluding hydrogens is 478 g/mol. The Morgan fingerprint density at radius 1 is 1.21 bits per heavy atom. The summed E-state index contributed by atoms with van der Waals surface area (Å²) in [4.78, 5) is 36.9. The fraction of sp³-hybridized carbons (Fsp3) is 0.318. The maximum atomic E-state index is 12.6. The Kier molecular flexibility index (Phi) is 8.29. The topological polar surface area (TPSA) is 138 Å². The number of aromatic nitrogens is 3. The molecule has 3 aromatic rings. The number of thiophene rings is 1. The molecule has 0 bridgehead atoms. The maximum Gasteiger partial charge on any atom is 0.341 e. The molecule has 2 heterocycles. The number of rotatable bonds is 10. The molecule has 0 saturated heterocycles. The van der Waals surface area contributed by atoms with Gasteiger partial charge >= 0.3 is 5.97 Å². The van der Waals surface area contributed by atoms with E-state index in [1.807, 2.05) is 31.2 Å². The Bertz CT molecular complexity index is 1220. The van der Waals surface area contributed by atoms with E-state index in [2.05, 4.69) is 15.5 Å². The van der Waals surface area contributed by atoms with Crippen LogP contribution >= 0.6 is 23.1 Å². The van der Waals surface area contributed by atoms with Crippen LogP contribution in [0.4, 0.5) is 5.00 Å². The van der Waals surface area contributed by atoms with Crippen LogP contribution in [0.15, 0.2) is 29.4 Å². The monoisotopic (exact) mass is 503 g/mol. The van der Waals surface area contributed by atoms with Crippen molar-refractivity contribution < 1.29 is 23.9 Å². The third kappa shape index (κ3) is 5.75. The van der Waals surface area contributed by atoms with Crippen molar-refractivity contribution in [2.24, 2.45) is 12.8 Å². The number of hydrogen-bond donors (Lipinski definition) is 2.